The third-order valence-corrected chi connectivity index (χ3v) is 4.62. The molecule has 3 rings (SSSR count). The number of aromatic nitrogens is 4. The van der Waals surface area contributed by atoms with Gasteiger partial charge in [0.05, 0.1) is 5.52 Å². The van der Waals surface area contributed by atoms with Gasteiger partial charge in [0, 0.05) is 11.6 Å². The Hall–Kier alpha value is -2.56. The van der Waals surface area contributed by atoms with Gasteiger partial charge in [-0.05, 0) is 35.3 Å². The van der Waals surface area contributed by atoms with Crippen LogP contribution in [0.4, 0.5) is 10.7 Å². The first kappa shape index (κ1) is 17.3. The standard InChI is InChI=1S/C13H8Cl2N6O3S/c14-10-17-11(15)19-12(18-10)20-13(22)21-25(23,24)8-5-1-3-7-4-2-6-16-9(7)8/h1-6H,(H2,17,18,19,20,21,22). The third kappa shape index (κ3) is 3.92. The van der Waals surface area contributed by atoms with Crippen LogP contribution in [-0.4, -0.2) is 34.4 Å². The zero-order chi connectivity index (χ0) is 18.0. The predicted molar refractivity (Wildman–Crippen MR) is 90.9 cm³/mol. The van der Waals surface area contributed by atoms with E-state index in [2.05, 4.69) is 25.3 Å². The highest BCUT2D eigenvalue weighted by Gasteiger charge is 2.21. The minimum Gasteiger partial charge on any atom is -0.275 e. The summed E-state index contributed by atoms with van der Waals surface area (Å²) in [6, 6.07) is 6.87. The Bertz CT molecular complexity index is 1050. The second-order valence-electron chi connectivity index (χ2n) is 4.59. The lowest BCUT2D eigenvalue weighted by atomic mass is 10.2. The van der Waals surface area contributed by atoms with Crippen molar-refractivity contribution in [1.29, 1.82) is 0 Å². The molecule has 0 fully saturated rings. The largest absolute Gasteiger partial charge is 0.335 e. The maximum Gasteiger partial charge on any atom is 0.335 e. The van der Waals surface area contributed by atoms with Crippen LogP contribution >= 0.6 is 23.2 Å². The Morgan fingerprint density at radius 3 is 2.40 bits per heavy atom. The van der Waals surface area contributed by atoms with Crippen molar-refractivity contribution in [1.82, 2.24) is 24.7 Å². The van der Waals surface area contributed by atoms with Crippen LogP contribution in [0, 0.1) is 0 Å². The Kier molecular flexibility index (Phi) is 4.66. The van der Waals surface area contributed by atoms with Gasteiger partial charge in [0.2, 0.25) is 16.5 Å². The van der Waals surface area contributed by atoms with Gasteiger partial charge in [-0.25, -0.2) is 17.9 Å². The molecule has 128 valence electrons. The number of rotatable bonds is 3. The van der Waals surface area contributed by atoms with Gasteiger partial charge in [-0.2, -0.15) is 15.0 Å². The van der Waals surface area contributed by atoms with Crippen molar-refractivity contribution in [3.63, 3.8) is 0 Å². The molecular formula is C13H8Cl2N6O3S. The molecule has 25 heavy (non-hydrogen) atoms. The van der Waals surface area contributed by atoms with Gasteiger partial charge in [-0.1, -0.05) is 18.2 Å². The quantitative estimate of drug-likeness (QED) is 0.692. The second-order valence-corrected chi connectivity index (χ2v) is 6.91. The molecule has 2 heterocycles. The van der Waals surface area contributed by atoms with Crippen LogP contribution in [-0.2, 0) is 10.0 Å². The highest BCUT2D eigenvalue weighted by molar-refractivity contribution is 7.90. The van der Waals surface area contributed by atoms with Crippen LogP contribution in [0.2, 0.25) is 10.6 Å². The lowest BCUT2D eigenvalue weighted by molar-refractivity contribution is 0.256. The number of anilines is 1. The maximum absolute atomic E-state index is 12.5. The topological polar surface area (TPSA) is 127 Å². The number of nitrogens with zero attached hydrogens (tertiary/aromatic N) is 4. The van der Waals surface area contributed by atoms with Crippen LogP contribution in [0.15, 0.2) is 41.4 Å². The van der Waals surface area contributed by atoms with Crippen LogP contribution < -0.4 is 10.0 Å². The molecule has 0 radical (unpaired) electrons. The SMILES string of the molecule is O=C(Nc1nc(Cl)nc(Cl)n1)NS(=O)(=O)c1cccc2cccnc12. The second kappa shape index (κ2) is 6.75. The van der Waals surface area contributed by atoms with Gasteiger partial charge in [0.1, 0.15) is 4.90 Å². The van der Waals surface area contributed by atoms with Gasteiger partial charge >= 0.3 is 6.03 Å². The van der Waals surface area contributed by atoms with Crippen LogP contribution in [0.1, 0.15) is 0 Å². The number of nitrogens with one attached hydrogen (secondary N) is 2. The van der Waals surface area contributed by atoms with Crippen molar-refractivity contribution in [2.45, 2.75) is 4.90 Å². The number of carbonyl (C=O) groups is 1. The molecule has 0 atom stereocenters. The number of sulfonamides is 1. The average molecular weight is 399 g/mol. The summed E-state index contributed by atoms with van der Waals surface area (Å²) in [6.45, 7) is 0. The average Bonchev–Trinajstić information content (AvgIpc) is 2.52. The first-order valence-electron chi connectivity index (χ1n) is 6.60. The molecule has 0 spiro atoms. The molecule has 2 aromatic heterocycles. The van der Waals surface area contributed by atoms with Gasteiger partial charge in [-0.3, -0.25) is 10.3 Å². The summed E-state index contributed by atoms with van der Waals surface area (Å²) in [7, 11) is -4.19. The van der Waals surface area contributed by atoms with Crippen molar-refractivity contribution in [3.8, 4) is 0 Å². The summed E-state index contributed by atoms with van der Waals surface area (Å²) in [5.74, 6) is -0.297. The Balaban J connectivity index is 1.86. The van der Waals surface area contributed by atoms with E-state index in [0.29, 0.717) is 5.39 Å². The van der Waals surface area contributed by atoms with Crippen molar-refractivity contribution in [2.75, 3.05) is 5.32 Å². The fraction of sp³-hybridized carbons (Fsp3) is 0. The van der Waals surface area contributed by atoms with E-state index in [1.165, 1.54) is 12.3 Å². The number of benzene rings is 1. The third-order valence-electron chi connectivity index (χ3n) is 2.92. The number of pyridine rings is 1. The van der Waals surface area contributed by atoms with Crippen molar-refractivity contribution >= 4 is 56.1 Å². The molecule has 9 nitrogen and oxygen atoms in total. The molecule has 0 bridgehead atoms. The van der Waals surface area contributed by atoms with E-state index >= 15 is 0 Å². The first-order valence-corrected chi connectivity index (χ1v) is 8.84. The fourth-order valence-electron chi connectivity index (χ4n) is 1.98. The summed E-state index contributed by atoms with van der Waals surface area (Å²) in [5, 5.41) is 2.22. The number of urea groups is 1. The van der Waals surface area contributed by atoms with Crippen molar-refractivity contribution in [2.24, 2.45) is 0 Å². The van der Waals surface area contributed by atoms with E-state index in [0.717, 1.165) is 0 Å². The highest BCUT2D eigenvalue weighted by Crippen LogP contribution is 2.20. The zero-order valence-electron chi connectivity index (χ0n) is 12.1. The van der Waals surface area contributed by atoms with E-state index in [4.69, 9.17) is 23.2 Å². The minimum absolute atomic E-state index is 0.146. The molecule has 0 aliphatic heterocycles. The van der Waals surface area contributed by atoms with Gasteiger partial charge < -0.3 is 0 Å². The molecule has 2 amide bonds. The number of halogens is 2. The summed E-state index contributed by atoms with van der Waals surface area (Å²) < 4.78 is 26.8. The molecule has 0 saturated heterocycles. The van der Waals surface area contributed by atoms with Gasteiger partial charge in [0.25, 0.3) is 10.0 Å². The molecule has 0 saturated carbocycles. The molecule has 3 aromatic rings. The van der Waals surface area contributed by atoms with Gasteiger partial charge in [0.15, 0.2) is 0 Å². The lowest BCUT2D eigenvalue weighted by Gasteiger charge is -2.09. The maximum atomic E-state index is 12.5. The number of para-hydroxylation sites is 1. The fourth-order valence-corrected chi connectivity index (χ4v) is 3.43. The summed E-state index contributed by atoms with van der Waals surface area (Å²) in [6.07, 6.45) is 1.45. The summed E-state index contributed by atoms with van der Waals surface area (Å²) in [5.41, 5.74) is 0.233. The Morgan fingerprint density at radius 1 is 1.00 bits per heavy atom. The molecule has 0 unspecified atom stereocenters. The van der Waals surface area contributed by atoms with Crippen LogP contribution in [0.5, 0.6) is 0 Å². The summed E-state index contributed by atoms with van der Waals surface area (Å²) >= 11 is 11.2. The van der Waals surface area contributed by atoms with Crippen molar-refractivity contribution < 1.29 is 13.2 Å². The first-order chi connectivity index (χ1) is 11.8. The number of amides is 2. The van der Waals surface area contributed by atoms with Crippen molar-refractivity contribution in [3.05, 3.63) is 47.1 Å². The molecule has 0 aliphatic rings. The zero-order valence-corrected chi connectivity index (χ0v) is 14.5. The Labute approximate surface area is 151 Å². The number of hydrogen-bond acceptors (Lipinski definition) is 7. The smallest absolute Gasteiger partial charge is 0.275 e. The monoisotopic (exact) mass is 398 g/mol. The molecule has 1 aromatic carbocycles. The summed E-state index contributed by atoms with van der Waals surface area (Å²) in [4.78, 5) is 26.6. The van der Waals surface area contributed by atoms with Crippen LogP contribution in [0.3, 0.4) is 0 Å². The van der Waals surface area contributed by atoms with E-state index < -0.39 is 16.1 Å². The molecule has 0 aliphatic carbocycles. The number of carbonyl (C=O) groups excluding carboxylic acids is 1. The molecular weight excluding hydrogens is 391 g/mol. The number of fused-ring (bicyclic) bond motifs is 1. The molecule has 2 N–H and O–H groups in total. The predicted octanol–water partition coefficient (Wildman–Crippen LogP) is 2.24. The minimum atomic E-state index is -4.19. The van der Waals surface area contributed by atoms with Gasteiger partial charge in [-0.15, -0.1) is 0 Å². The van der Waals surface area contributed by atoms with Crippen LogP contribution in [0.25, 0.3) is 10.9 Å². The van der Waals surface area contributed by atoms with E-state index in [9.17, 15) is 13.2 Å². The highest BCUT2D eigenvalue weighted by atomic mass is 35.5. The molecule has 12 heteroatoms. The lowest BCUT2D eigenvalue weighted by Crippen LogP contribution is -2.35. The van der Waals surface area contributed by atoms with E-state index in [1.54, 1.807) is 24.3 Å². The Morgan fingerprint density at radius 2 is 1.68 bits per heavy atom. The normalized spacial score (nSPS) is 11.3. The van der Waals surface area contributed by atoms with E-state index in [1.807, 2.05) is 4.72 Å². The van der Waals surface area contributed by atoms with E-state index in [-0.39, 0.29) is 26.9 Å². The number of hydrogen-bond donors (Lipinski definition) is 2.